The second kappa shape index (κ2) is 4.96. The smallest absolute Gasteiger partial charge is 0.130 e. The van der Waals surface area contributed by atoms with Crippen LogP contribution in [0.25, 0.3) is 10.9 Å². The molecular weight excluding hydrogens is 264 g/mol. The number of rotatable bonds is 2. The molecule has 2 aromatic heterocycles. The van der Waals surface area contributed by atoms with Crippen LogP contribution in [0.2, 0.25) is 5.15 Å². The summed E-state index contributed by atoms with van der Waals surface area (Å²) < 4.78 is 0. The maximum absolute atomic E-state index is 5.89. The number of nitrogens with zero attached hydrogens (tertiary/aromatic N) is 2. The summed E-state index contributed by atoms with van der Waals surface area (Å²) in [6.07, 6.45) is 1.81. The van der Waals surface area contributed by atoms with Crippen molar-refractivity contribution in [1.82, 2.24) is 9.97 Å². The summed E-state index contributed by atoms with van der Waals surface area (Å²) in [7, 11) is 0. The summed E-state index contributed by atoms with van der Waals surface area (Å²) in [5.41, 5.74) is 0.990. The minimum Gasteiger partial charge on any atom is -0.256 e. The average Bonchev–Trinajstić information content (AvgIpc) is 2.39. The maximum atomic E-state index is 5.89. The van der Waals surface area contributed by atoms with Gasteiger partial charge in [0.15, 0.2) is 0 Å². The van der Waals surface area contributed by atoms with Gasteiger partial charge in [-0.1, -0.05) is 47.6 Å². The van der Waals surface area contributed by atoms with E-state index < -0.39 is 0 Å². The fourth-order valence-electron chi connectivity index (χ4n) is 1.72. The van der Waals surface area contributed by atoms with Crippen molar-refractivity contribution >= 4 is 34.3 Å². The molecule has 1 aromatic carbocycles. The van der Waals surface area contributed by atoms with Crippen molar-refractivity contribution < 1.29 is 0 Å². The first-order valence-corrected chi connectivity index (χ1v) is 6.66. The molecule has 0 spiro atoms. The molecule has 18 heavy (non-hydrogen) atoms. The Labute approximate surface area is 114 Å². The van der Waals surface area contributed by atoms with E-state index in [4.69, 9.17) is 11.6 Å². The van der Waals surface area contributed by atoms with Crippen LogP contribution in [-0.4, -0.2) is 9.97 Å². The monoisotopic (exact) mass is 272 g/mol. The van der Waals surface area contributed by atoms with Crippen LogP contribution in [0.1, 0.15) is 0 Å². The van der Waals surface area contributed by atoms with E-state index in [2.05, 4.69) is 16.0 Å². The third-order valence-corrected chi connectivity index (χ3v) is 3.74. The standard InChI is InChI=1S/C14H9ClN2S/c15-13-6-3-7-14(17-13)18-12-8-9-16-11-5-2-1-4-10(11)12/h1-9H. The van der Waals surface area contributed by atoms with Crippen LogP contribution >= 0.6 is 23.4 Å². The lowest BCUT2D eigenvalue weighted by Crippen LogP contribution is -1.83. The van der Waals surface area contributed by atoms with Crippen molar-refractivity contribution in [1.29, 1.82) is 0 Å². The van der Waals surface area contributed by atoms with Crippen LogP contribution in [0.3, 0.4) is 0 Å². The van der Waals surface area contributed by atoms with Crippen molar-refractivity contribution in [2.45, 2.75) is 9.92 Å². The lowest BCUT2D eigenvalue weighted by atomic mass is 10.2. The maximum Gasteiger partial charge on any atom is 0.130 e. The molecule has 2 nitrogen and oxygen atoms in total. The lowest BCUT2D eigenvalue weighted by molar-refractivity contribution is 1.13. The van der Waals surface area contributed by atoms with Gasteiger partial charge in [-0.3, -0.25) is 4.98 Å². The molecule has 0 N–H and O–H groups in total. The van der Waals surface area contributed by atoms with Gasteiger partial charge >= 0.3 is 0 Å². The predicted octanol–water partition coefficient (Wildman–Crippen LogP) is 4.43. The zero-order valence-corrected chi connectivity index (χ0v) is 10.9. The number of halogens is 1. The van der Waals surface area contributed by atoms with Gasteiger partial charge in [0.2, 0.25) is 0 Å². The summed E-state index contributed by atoms with van der Waals surface area (Å²) in [5, 5.41) is 2.53. The van der Waals surface area contributed by atoms with Crippen molar-refractivity contribution in [3.05, 3.63) is 59.9 Å². The Morgan fingerprint density at radius 2 is 1.83 bits per heavy atom. The second-order valence-electron chi connectivity index (χ2n) is 3.73. The summed E-state index contributed by atoms with van der Waals surface area (Å²) in [6, 6.07) is 15.7. The minimum absolute atomic E-state index is 0.512. The molecule has 0 aliphatic rings. The van der Waals surface area contributed by atoms with Crippen LogP contribution in [0.5, 0.6) is 0 Å². The summed E-state index contributed by atoms with van der Waals surface area (Å²) in [6.45, 7) is 0. The van der Waals surface area contributed by atoms with Crippen molar-refractivity contribution in [2.24, 2.45) is 0 Å². The molecule has 0 atom stereocenters. The van der Waals surface area contributed by atoms with Crippen molar-refractivity contribution in [3.8, 4) is 0 Å². The normalized spacial score (nSPS) is 10.7. The molecule has 0 aliphatic heterocycles. The molecule has 2 heterocycles. The fourth-order valence-corrected chi connectivity index (χ4v) is 2.86. The molecule has 3 aromatic rings. The largest absolute Gasteiger partial charge is 0.256 e. The summed E-state index contributed by atoms with van der Waals surface area (Å²) in [4.78, 5) is 9.76. The Morgan fingerprint density at radius 1 is 0.944 bits per heavy atom. The Bertz CT molecular complexity index is 695. The lowest BCUT2D eigenvalue weighted by Gasteiger charge is -2.05. The Kier molecular flexibility index (Phi) is 3.17. The minimum atomic E-state index is 0.512. The third-order valence-electron chi connectivity index (χ3n) is 2.51. The molecule has 0 unspecified atom stereocenters. The Balaban J connectivity index is 2.05. The van der Waals surface area contributed by atoms with Crippen LogP contribution in [0.4, 0.5) is 0 Å². The molecule has 0 amide bonds. The number of hydrogen-bond acceptors (Lipinski definition) is 3. The zero-order valence-electron chi connectivity index (χ0n) is 9.38. The fraction of sp³-hybridized carbons (Fsp3) is 0. The number of aromatic nitrogens is 2. The molecule has 0 aliphatic carbocycles. The summed E-state index contributed by atoms with van der Waals surface area (Å²) >= 11 is 7.49. The van der Waals surface area contributed by atoms with E-state index in [1.54, 1.807) is 17.8 Å². The zero-order chi connectivity index (χ0) is 12.4. The van der Waals surface area contributed by atoms with Gasteiger partial charge in [0.05, 0.1) is 5.52 Å². The van der Waals surface area contributed by atoms with Gasteiger partial charge in [-0.2, -0.15) is 0 Å². The molecule has 0 saturated heterocycles. The van der Waals surface area contributed by atoms with E-state index in [1.165, 1.54) is 0 Å². The first-order chi connectivity index (χ1) is 8.83. The van der Waals surface area contributed by atoms with Crippen LogP contribution in [0.15, 0.2) is 64.6 Å². The highest BCUT2D eigenvalue weighted by Gasteiger charge is 2.04. The highest BCUT2D eigenvalue weighted by atomic mass is 35.5. The first kappa shape index (κ1) is 11.5. The van der Waals surface area contributed by atoms with Gasteiger partial charge in [-0.25, -0.2) is 4.98 Å². The Hall–Kier alpha value is -1.58. The van der Waals surface area contributed by atoms with E-state index in [-0.39, 0.29) is 0 Å². The van der Waals surface area contributed by atoms with E-state index in [1.807, 2.05) is 42.6 Å². The van der Waals surface area contributed by atoms with E-state index in [0.29, 0.717) is 5.15 Å². The SMILES string of the molecule is Clc1cccc(Sc2ccnc3ccccc23)n1. The van der Waals surface area contributed by atoms with E-state index in [9.17, 15) is 0 Å². The number of benzene rings is 1. The highest BCUT2D eigenvalue weighted by molar-refractivity contribution is 7.99. The molecule has 3 rings (SSSR count). The van der Waals surface area contributed by atoms with Gasteiger partial charge < -0.3 is 0 Å². The Morgan fingerprint density at radius 3 is 2.72 bits per heavy atom. The van der Waals surface area contributed by atoms with Gasteiger partial charge in [0.1, 0.15) is 10.2 Å². The average molecular weight is 273 g/mol. The molecular formula is C14H9ClN2S. The van der Waals surface area contributed by atoms with E-state index in [0.717, 1.165) is 20.8 Å². The number of pyridine rings is 2. The topological polar surface area (TPSA) is 25.8 Å². The predicted molar refractivity (Wildman–Crippen MR) is 75.1 cm³/mol. The number of fused-ring (bicyclic) bond motifs is 1. The van der Waals surface area contributed by atoms with Crippen LogP contribution in [0, 0.1) is 0 Å². The van der Waals surface area contributed by atoms with Crippen LogP contribution < -0.4 is 0 Å². The van der Waals surface area contributed by atoms with Crippen molar-refractivity contribution in [2.75, 3.05) is 0 Å². The van der Waals surface area contributed by atoms with Gasteiger partial charge in [0, 0.05) is 16.5 Å². The van der Waals surface area contributed by atoms with Gasteiger partial charge in [0.25, 0.3) is 0 Å². The molecule has 4 heteroatoms. The van der Waals surface area contributed by atoms with Crippen molar-refractivity contribution in [3.63, 3.8) is 0 Å². The first-order valence-electron chi connectivity index (χ1n) is 5.47. The van der Waals surface area contributed by atoms with E-state index >= 15 is 0 Å². The van der Waals surface area contributed by atoms with Crippen LogP contribution in [-0.2, 0) is 0 Å². The number of hydrogen-bond donors (Lipinski definition) is 0. The quantitative estimate of drug-likeness (QED) is 0.645. The number of para-hydroxylation sites is 1. The third kappa shape index (κ3) is 2.33. The molecule has 88 valence electrons. The molecule has 0 saturated carbocycles. The van der Waals surface area contributed by atoms with Gasteiger partial charge in [-0.15, -0.1) is 0 Å². The van der Waals surface area contributed by atoms with Gasteiger partial charge in [-0.05, 0) is 24.3 Å². The second-order valence-corrected chi connectivity index (χ2v) is 5.18. The summed E-state index contributed by atoms with van der Waals surface area (Å²) in [5.74, 6) is 0. The molecule has 0 fully saturated rings. The molecule has 0 radical (unpaired) electrons. The highest BCUT2D eigenvalue weighted by Crippen LogP contribution is 2.31. The molecule has 0 bridgehead atoms.